The fourth-order valence-corrected chi connectivity index (χ4v) is 22.2. The summed E-state index contributed by atoms with van der Waals surface area (Å²) < 4.78 is 18.7. The minimum absolute atomic E-state index is 0.208. The first-order chi connectivity index (χ1) is 54.9. The molecule has 0 bridgehead atoms. The zero-order valence-electron chi connectivity index (χ0n) is 64.2. The van der Waals surface area contributed by atoms with Gasteiger partial charge in [-0.05, 0) is 145 Å². The molecule has 8 aromatic carbocycles. The van der Waals surface area contributed by atoms with Gasteiger partial charge in [-0.2, -0.15) is 0 Å². The van der Waals surface area contributed by atoms with Crippen LogP contribution in [-0.4, -0.2) is 36.8 Å². The van der Waals surface area contributed by atoms with E-state index < -0.39 is 0 Å². The molecule has 0 unspecified atom stereocenters. The topological polar surface area (TPSA) is 56.8 Å². The van der Waals surface area contributed by atoms with Crippen LogP contribution in [0.4, 0.5) is 0 Å². The number of nitrogens with zero attached hydrogens (tertiary/aromatic N) is 10. The molecule has 0 radical (unpaired) electrons. The van der Waals surface area contributed by atoms with E-state index in [9.17, 15) is 0 Å². The minimum Gasteiger partial charge on any atom is -0.264 e. The van der Waals surface area contributed by atoms with Gasteiger partial charge in [0.05, 0.1) is 0 Å². The maximum Gasteiger partial charge on any atom is 0.408 e. The highest BCUT2D eigenvalue weighted by Crippen LogP contribution is 2.38. The summed E-state index contributed by atoms with van der Waals surface area (Å²) in [5.41, 5.74) is 39.4. The van der Waals surface area contributed by atoms with Crippen LogP contribution in [0.25, 0.3) is 109 Å². The van der Waals surface area contributed by atoms with Gasteiger partial charge in [0.25, 0.3) is 0 Å². The lowest BCUT2D eigenvalue weighted by molar-refractivity contribution is -0.658. The second kappa shape index (κ2) is 24.3. The van der Waals surface area contributed by atoms with Crippen LogP contribution in [0.3, 0.4) is 0 Å². The third kappa shape index (κ3) is 9.14. The van der Waals surface area contributed by atoms with Crippen molar-refractivity contribution in [2.45, 2.75) is 25.7 Å². The van der Waals surface area contributed by atoms with Crippen molar-refractivity contribution in [1.29, 1.82) is 0 Å². The van der Waals surface area contributed by atoms with Gasteiger partial charge in [0, 0.05) is 141 Å². The summed E-state index contributed by atoms with van der Waals surface area (Å²) in [5.74, 6) is 0. The molecule has 0 fully saturated rings. The quantitative estimate of drug-likeness (QED) is 0.164. The van der Waals surface area contributed by atoms with E-state index in [4.69, 9.17) is 0 Å². The zero-order chi connectivity index (χ0) is 74.8. The Morgan fingerprint density at radius 2 is 0.527 bits per heavy atom. The summed E-state index contributed by atoms with van der Waals surface area (Å²) in [5, 5.41) is 16.1. The van der Waals surface area contributed by atoms with Crippen molar-refractivity contribution in [2.24, 2.45) is 56.4 Å². The van der Waals surface area contributed by atoms with Crippen molar-refractivity contribution in [1.82, 2.24) is 9.97 Å². The first-order valence-electron chi connectivity index (χ1n) is 39.5. The number of aromatic nitrogens is 10. The molecule has 0 amide bonds. The van der Waals surface area contributed by atoms with Crippen LogP contribution in [0, 0.1) is 0 Å². The summed E-state index contributed by atoms with van der Waals surface area (Å²) in [6.45, 7) is 0.999. The normalized spacial score (nSPS) is 13.5. The van der Waals surface area contributed by atoms with Gasteiger partial charge in [-0.25, -0.2) is 36.5 Å². The van der Waals surface area contributed by atoms with Crippen LogP contribution in [-0.2, 0) is 82.1 Å². The zero-order valence-corrected chi connectivity index (χ0v) is 64.2. The Morgan fingerprint density at radius 3 is 0.946 bits per heavy atom. The number of aryl methyl sites for hydroxylation is 8. The van der Waals surface area contributed by atoms with Crippen molar-refractivity contribution < 1.29 is 36.5 Å². The second-order valence-corrected chi connectivity index (χ2v) is 32.5. The summed E-state index contributed by atoms with van der Waals surface area (Å²) >= 11 is 0. The van der Waals surface area contributed by atoms with Crippen LogP contribution in [0.2, 0.25) is 0 Å². The van der Waals surface area contributed by atoms with Gasteiger partial charge in [0.15, 0.2) is 94.3 Å². The van der Waals surface area contributed by atoms with Crippen molar-refractivity contribution in [3.8, 4) is 44.5 Å². The lowest BCUT2D eigenvalue weighted by atomic mass is 9.33. The van der Waals surface area contributed by atoms with Crippen molar-refractivity contribution in [3.05, 3.63) is 325 Å². The largest absolute Gasteiger partial charge is 0.408 e. The van der Waals surface area contributed by atoms with Gasteiger partial charge < -0.3 is 0 Å². The fraction of sp³-hybridized carbons (Fsp3) is 0.122. The monoisotopic (exact) mass is 1440 g/mol. The molecule has 8 aliphatic rings. The van der Waals surface area contributed by atoms with E-state index in [1.807, 2.05) is 0 Å². The third-order valence-corrected chi connectivity index (χ3v) is 26.6. The number of pyridine rings is 10. The maximum absolute atomic E-state index is 4.68. The smallest absolute Gasteiger partial charge is 0.264 e. The molecule has 26 rings (SSSR count). The summed E-state index contributed by atoms with van der Waals surface area (Å²) in [4.78, 5) is 9.28. The van der Waals surface area contributed by atoms with Gasteiger partial charge in [-0.3, -0.25) is 9.97 Å². The van der Waals surface area contributed by atoms with Gasteiger partial charge >= 0.3 is 26.9 Å². The lowest BCUT2D eigenvalue weighted by Gasteiger charge is -2.30. The molecular weight excluding hydrogens is 1360 g/mol. The molecule has 112 heavy (non-hydrogen) atoms. The molecule has 0 N–H and O–H groups in total. The van der Waals surface area contributed by atoms with Gasteiger partial charge in [0.2, 0.25) is 0 Å². The average Bonchev–Trinajstić information content (AvgIpc) is 0.704. The Bertz CT molecular complexity index is 6890. The van der Waals surface area contributed by atoms with Gasteiger partial charge in [-0.15, -0.1) is 0 Å². The molecule has 0 saturated carbocycles. The van der Waals surface area contributed by atoms with E-state index in [1.54, 1.807) is 0 Å². The van der Waals surface area contributed by atoms with Crippen molar-refractivity contribution >= 4 is 158 Å². The highest BCUT2D eigenvalue weighted by atomic mass is 15.0. The number of benzene rings is 8. The van der Waals surface area contributed by atoms with E-state index in [0.29, 0.717) is 6.71 Å². The Balaban J connectivity index is 0.0000000893. The molecule has 0 aliphatic carbocycles. The first-order valence-corrected chi connectivity index (χ1v) is 39.5. The van der Waals surface area contributed by atoms with Crippen LogP contribution in [0.5, 0.6) is 0 Å². The third-order valence-electron chi connectivity index (χ3n) is 26.6. The molecule has 0 atom stereocenters. The highest BCUT2D eigenvalue weighted by Gasteiger charge is 2.54. The average molecular weight is 1440 g/mol. The second-order valence-electron chi connectivity index (χ2n) is 32.5. The maximum atomic E-state index is 4.68. The van der Waals surface area contributed by atoms with E-state index in [2.05, 4.69) is 384 Å². The van der Waals surface area contributed by atoms with Crippen LogP contribution < -0.4 is 103 Å². The van der Waals surface area contributed by atoms with E-state index in [0.717, 1.165) is 25.7 Å². The van der Waals surface area contributed by atoms with Crippen LogP contribution >= 0.6 is 0 Å². The SMILES string of the molecule is C[n+]1cc2ccccc2c2c1B1c3c(cccc3-c3cccc4cc[n+](C)c1c34)C2.C[n+]1cc2ccccc2c2c1B1c3c(cncc3-c3cccc4cc[n+](C)c1c34)C2.C[n+]1cccc2c1B1c3c(cccc3-c3cccc4cc[n+](C)c1c34)C2.C[n+]1cccc2c1B1c3c(cncc3-c3cccc4cc[n+](C)c1c34)C2. The lowest BCUT2D eigenvalue weighted by Crippen LogP contribution is -2.74. The predicted molar refractivity (Wildman–Crippen MR) is 453 cm³/mol. The molecule has 8 aliphatic heterocycles. The van der Waals surface area contributed by atoms with Crippen molar-refractivity contribution in [2.75, 3.05) is 0 Å². The fourth-order valence-electron chi connectivity index (χ4n) is 22.2. The van der Waals surface area contributed by atoms with Crippen LogP contribution in [0.1, 0.15) is 44.5 Å². The molecular formula is C98H78B4N10+8. The summed E-state index contributed by atoms with van der Waals surface area (Å²) in [6, 6.07) is 76.0. The molecule has 524 valence electrons. The van der Waals surface area contributed by atoms with Crippen LogP contribution in [0.15, 0.2) is 281 Å². The summed E-state index contributed by atoms with van der Waals surface area (Å²) in [7, 11) is 17.5. The van der Waals surface area contributed by atoms with Gasteiger partial charge in [0.1, 0.15) is 56.4 Å². The predicted octanol–water partition coefficient (Wildman–Crippen LogP) is 4.65. The number of rotatable bonds is 0. The molecule has 10 aromatic heterocycles. The molecule has 14 heteroatoms. The first kappa shape index (κ1) is 65.0. The van der Waals surface area contributed by atoms with Crippen molar-refractivity contribution in [3.63, 3.8) is 0 Å². The molecule has 10 nitrogen and oxygen atoms in total. The Labute approximate surface area is 652 Å². The number of hydrogen-bond donors (Lipinski definition) is 0. The standard InChI is InChI=1S/C27H21BN2.C26H20BN3.C23H19BN2.C22H18BN3/c1-29-14-13-17-8-5-11-21-22-12-6-9-18-15-23-20-10-4-3-7-19(20)16-30(2)26(23)28(25(18)22)27(29)24(17)21;1-29-11-10-16-7-5-9-20-22-14-28-13-18-12-21-19-8-4-3-6-17(19)15-30(2)25(21)27(24(18)22)26(29)23(16)20;1-25-12-5-8-17-14-16-7-4-10-19-18-9-3-6-15-11-13-26(2)23(20(15)18)24(21(16)19)22(17)25;1-25-9-4-6-15-11-16-12-24-13-18-17-7-3-5-14-8-10-26(2)22(19(14)17)23(20(16)18)21(15)25/h3-14,16H,15H2,1-2H3;3-11,13-15H,12H2,1-2H3;3-13H,14H2,1-2H3;3-10,12-13H,11H2,1-2H3/q4*+2. The van der Waals surface area contributed by atoms with E-state index in [1.165, 1.54) is 220 Å². The summed E-state index contributed by atoms with van der Waals surface area (Å²) in [6.07, 6.45) is 30.0. The highest BCUT2D eigenvalue weighted by molar-refractivity contribution is 6.99. The molecule has 0 saturated heterocycles. The Hall–Kier alpha value is -12.9. The van der Waals surface area contributed by atoms with E-state index >= 15 is 0 Å². The number of fused-ring (bicyclic) bond motifs is 20. The minimum atomic E-state index is 0.208. The van der Waals surface area contributed by atoms with E-state index in [-0.39, 0.29) is 20.1 Å². The number of hydrogen-bond acceptors (Lipinski definition) is 2. The van der Waals surface area contributed by atoms with Gasteiger partial charge in [-0.1, -0.05) is 146 Å². The Morgan fingerprint density at radius 1 is 0.223 bits per heavy atom. The Kier molecular flexibility index (Phi) is 14.1. The molecule has 0 spiro atoms. The molecule has 18 heterocycles. The molecule has 18 aromatic rings.